The molecule has 0 amide bonds. The van der Waals surface area contributed by atoms with Crippen LogP contribution in [0.15, 0.2) is 30.6 Å². The van der Waals surface area contributed by atoms with Gasteiger partial charge in [0.1, 0.15) is 0 Å². The SMILES string of the molecule is CCn1cnc2c(Nc3ccc(N(CC(C)C)S(C)(=O)=O)cc3)nc(NC3CCC(O)CC3)nc21. The Hall–Kier alpha value is -2.92. The molecule has 1 aliphatic rings. The van der Waals surface area contributed by atoms with E-state index in [1.165, 1.54) is 10.6 Å². The van der Waals surface area contributed by atoms with E-state index in [9.17, 15) is 13.5 Å². The molecule has 11 heteroatoms. The van der Waals surface area contributed by atoms with Crippen LogP contribution in [0.2, 0.25) is 0 Å². The van der Waals surface area contributed by atoms with Crippen LogP contribution in [0.3, 0.4) is 0 Å². The van der Waals surface area contributed by atoms with Crippen molar-refractivity contribution in [2.24, 2.45) is 5.92 Å². The Balaban J connectivity index is 1.61. The van der Waals surface area contributed by atoms with Gasteiger partial charge in [0.2, 0.25) is 16.0 Å². The minimum Gasteiger partial charge on any atom is -0.393 e. The lowest BCUT2D eigenvalue weighted by atomic mass is 9.93. The third-order valence-electron chi connectivity index (χ3n) is 6.18. The predicted octanol–water partition coefficient (Wildman–Crippen LogP) is 3.73. The number of aryl methyl sites for hydroxylation is 1. The largest absolute Gasteiger partial charge is 0.393 e. The fourth-order valence-corrected chi connectivity index (χ4v) is 5.42. The van der Waals surface area contributed by atoms with Crippen LogP contribution in [0.1, 0.15) is 46.5 Å². The molecule has 1 aliphatic carbocycles. The van der Waals surface area contributed by atoms with Crippen molar-refractivity contribution in [2.45, 2.75) is 65.1 Å². The van der Waals surface area contributed by atoms with Gasteiger partial charge in [-0.05, 0) is 62.8 Å². The van der Waals surface area contributed by atoms with Gasteiger partial charge in [0.25, 0.3) is 0 Å². The molecule has 4 rings (SSSR count). The summed E-state index contributed by atoms with van der Waals surface area (Å²) in [5.74, 6) is 1.30. The second kappa shape index (κ2) is 10.4. The summed E-state index contributed by atoms with van der Waals surface area (Å²) in [6.45, 7) is 7.17. The summed E-state index contributed by atoms with van der Waals surface area (Å²) in [6, 6.07) is 7.48. The number of hydrogen-bond acceptors (Lipinski definition) is 8. The van der Waals surface area contributed by atoms with Gasteiger partial charge in [-0.2, -0.15) is 9.97 Å². The zero-order valence-electron chi connectivity index (χ0n) is 20.8. The molecule has 0 saturated heterocycles. The number of imidazole rings is 1. The number of nitrogens with one attached hydrogen (secondary N) is 2. The Bertz CT molecular complexity index is 1250. The predicted molar refractivity (Wildman–Crippen MR) is 140 cm³/mol. The number of benzene rings is 1. The van der Waals surface area contributed by atoms with E-state index in [0.717, 1.165) is 43.6 Å². The number of aliphatic hydroxyl groups is 1. The number of rotatable bonds is 9. The maximum absolute atomic E-state index is 12.3. The lowest BCUT2D eigenvalue weighted by Crippen LogP contribution is -2.33. The molecule has 0 bridgehead atoms. The van der Waals surface area contributed by atoms with Crippen LogP contribution in [0.25, 0.3) is 11.2 Å². The van der Waals surface area contributed by atoms with Crippen LogP contribution in [0.5, 0.6) is 0 Å². The molecular weight excluding hydrogens is 466 g/mol. The van der Waals surface area contributed by atoms with Crippen LogP contribution in [0, 0.1) is 5.92 Å². The maximum Gasteiger partial charge on any atom is 0.232 e. The van der Waals surface area contributed by atoms with Gasteiger partial charge in [0.15, 0.2) is 17.0 Å². The number of anilines is 4. The standard InChI is InChI=1S/C24H35N7O3S/c1-5-30-15-25-21-22(28-24(29-23(21)30)27-18-8-12-20(32)13-9-18)26-17-6-10-19(11-7-17)31(14-16(2)3)35(4,33)34/h6-7,10-11,15-16,18,20,32H,5,8-9,12-14H2,1-4H3,(H2,26,27,28,29). The van der Waals surface area contributed by atoms with E-state index in [1.54, 1.807) is 18.5 Å². The number of nitrogens with zero attached hydrogens (tertiary/aromatic N) is 5. The number of sulfonamides is 1. The van der Waals surface area contributed by atoms with Gasteiger partial charge in [-0.25, -0.2) is 13.4 Å². The molecule has 0 atom stereocenters. The molecule has 0 spiro atoms. The molecule has 190 valence electrons. The summed E-state index contributed by atoms with van der Waals surface area (Å²) in [5, 5.41) is 16.6. The molecule has 3 aromatic rings. The van der Waals surface area contributed by atoms with Crippen molar-refractivity contribution in [3.05, 3.63) is 30.6 Å². The van der Waals surface area contributed by atoms with Crippen molar-refractivity contribution >= 4 is 44.3 Å². The third-order valence-corrected chi connectivity index (χ3v) is 7.34. The molecule has 3 N–H and O–H groups in total. The molecule has 0 aliphatic heterocycles. The fraction of sp³-hybridized carbons (Fsp3) is 0.542. The zero-order chi connectivity index (χ0) is 25.2. The van der Waals surface area contributed by atoms with Gasteiger partial charge in [-0.1, -0.05) is 13.8 Å². The molecule has 2 heterocycles. The third kappa shape index (κ3) is 6.02. The number of hydrogen-bond donors (Lipinski definition) is 3. The molecule has 1 saturated carbocycles. The monoisotopic (exact) mass is 501 g/mol. The topological polar surface area (TPSA) is 125 Å². The van der Waals surface area contributed by atoms with Gasteiger partial charge >= 0.3 is 0 Å². The highest BCUT2D eigenvalue weighted by molar-refractivity contribution is 7.92. The second-order valence-electron chi connectivity index (χ2n) is 9.61. The zero-order valence-corrected chi connectivity index (χ0v) is 21.6. The Morgan fingerprint density at radius 1 is 1.14 bits per heavy atom. The molecule has 0 radical (unpaired) electrons. The second-order valence-corrected chi connectivity index (χ2v) is 11.5. The first-order valence-corrected chi connectivity index (χ1v) is 14.0. The lowest BCUT2D eigenvalue weighted by molar-refractivity contribution is 0.126. The van der Waals surface area contributed by atoms with Gasteiger partial charge in [0, 0.05) is 24.8 Å². The molecule has 10 nitrogen and oxygen atoms in total. The smallest absolute Gasteiger partial charge is 0.232 e. The Kier molecular flexibility index (Phi) is 7.46. The molecule has 1 aromatic carbocycles. The van der Waals surface area contributed by atoms with Crippen molar-refractivity contribution in [3.63, 3.8) is 0 Å². The summed E-state index contributed by atoms with van der Waals surface area (Å²) in [6.07, 6.45) is 6.03. The Labute approximate surface area is 206 Å². The van der Waals surface area contributed by atoms with Gasteiger partial charge < -0.3 is 20.3 Å². The van der Waals surface area contributed by atoms with Gasteiger partial charge in [-0.3, -0.25) is 4.31 Å². The average Bonchev–Trinajstić information content (AvgIpc) is 3.22. The van der Waals surface area contributed by atoms with E-state index >= 15 is 0 Å². The van der Waals surface area contributed by atoms with Crippen LogP contribution in [-0.4, -0.2) is 58.0 Å². The van der Waals surface area contributed by atoms with Crippen LogP contribution >= 0.6 is 0 Å². The quantitative estimate of drug-likeness (QED) is 0.405. The number of aliphatic hydroxyl groups excluding tert-OH is 1. The van der Waals surface area contributed by atoms with E-state index < -0.39 is 10.0 Å². The van der Waals surface area contributed by atoms with Crippen LogP contribution < -0.4 is 14.9 Å². The van der Waals surface area contributed by atoms with E-state index in [4.69, 9.17) is 9.97 Å². The van der Waals surface area contributed by atoms with E-state index in [0.29, 0.717) is 29.5 Å². The average molecular weight is 502 g/mol. The summed E-state index contributed by atoms with van der Waals surface area (Å²) in [7, 11) is -3.38. The molecule has 2 aromatic heterocycles. The lowest BCUT2D eigenvalue weighted by Gasteiger charge is -2.26. The summed E-state index contributed by atoms with van der Waals surface area (Å²) < 4.78 is 28.0. The van der Waals surface area contributed by atoms with Crippen molar-refractivity contribution in [2.75, 3.05) is 27.7 Å². The molecular formula is C24H35N7O3S. The highest BCUT2D eigenvalue weighted by Crippen LogP contribution is 2.28. The molecule has 35 heavy (non-hydrogen) atoms. The highest BCUT2D eigenvalue weighted by atomic mass is 32.2. The summed E-state index contributed by atoms with van der Waals surface area (Å²) >= 11 is 0. The van der Waals surface area contributed by atoms with Crippen LogP contribution in [-0.2, 0) is 16.6 Å². The Morgan fingerprint density at radius 2 is 1.83 bits per heavy atom. The molecule has 1 fully saturated rings. The highest BCUT2D eigenvalue weighted by Gasteiger charge is 2.22. The van der Waals surface area contributed by atoms with E-state index in [-0.39, 0.29) is 18.1 Å². The fourth-order valence-electron chi connectivity index (χ4n) is 4.34. The number of fused-ring (bicyclic) bond motifs is 1. The van der Waals surface area contributed by atoms with Gasteiger partial charge in [-0.15, -0.1) is 0 Å². The first-order valence-electron chi connectivity index (χ1n) is 12.2. The van der Waals surface area contributed by atoms with Crippen molar-refractivity contribution in [3.8, 4) is 0 Å². The maximum atomic E-state index is 12.3. The van der Waals surface area contributed by atoms with Gasteiger partial charge in [0.05, 0.1) is 24.4 Å². The first kappa shape index (κ1) is 25.2. The van der Waals surface area contributed by atoms with Crippen molar-refractivity contribution < 1.29 is 13.5 Å². The van der Waals surface area contributed by atoms with Crippen molar-refractivity contribution in [1.82, 2.24) is 19.5 Å². The van der Waals surface area contributed by atoms with Crippen molar-refractivity contribution in [1.29, 1.82) is 0 Å². The minimum atomic E-state index is -3.38. The minimum absolute atomic E-state index is 0.198. The number of aromatic nitrogens is 4. The normalized spacial score (nSPS) is 18.7. The summed E-state index contributed by atoms with van der Waals surface area (Å²) in [5.41, 5.74) is 2.79. The summed E-state index contributed by atoms with van der Waals surface area (Å²) in [4.78, 5) is 14.0. The molecule has 0 unspecified atom stereocenters. The first-order chi connectivity index (χ1) is 16.6. The van der Waals surface area contributed by atoms with E-state index in [1.807, 2.05) is 37.5 Å². The Morgan fingerprint density at radius 3 is 2.43 bits per heavy atom. The van der Waals surface area contributed by atoms with E-state index in [2.05, 4.69) is 15.6 Å². The van der Waals surface area contributed by atoms with Crippen LogP contribution in [0.4, 0.5) is 23.1 Å².